The van der Waals surface area contributed by atoms with Crippen molar-refractivity contribution in [1.82, 2.24) is 0 Å². The molecule has 0 aliphatic rings. The maximum absolute atomic E-state index is 10.6. The molecule has 116 valence electrons. The van der Waals surface area contributed by atoms with Crippen molar-refractivity contribution in [3.8, 4) is 0 Å². The molecule has 21 heavy (non-hydrogen) atoms. The molecule has 0 spiro atoms. The molecule has 0 bridgehead atoms. The van der Waals surface area contributed by atoms with Crippen LogP contribution in [0.25, 0.3) is 6.08 Å². The lowest BCUT2D eigenvalue weighted by Gasteiger charge is -2.28. The summed E-state index contributed by atoms with van der Waals surface area (Å²) < 4.78 is 1.00. The van der Waals surface area contributed by atoms with Crippen molar-refractivity contribution in [1.29, 1.82) is 0 Å². The Labute approximate surface area is 135 Å². The summed E-state index contributed by atoms with van der Waals surface area (Å²) in [5, 5.41) is 8.67. The summed E-state index contributed by atoms with van der Waals surface area (Å²) in [6.07, 6.45) is 5.13. The molecule has 0 fully saturated rings. The monoisotopic (exact) mass is 353 g/mol. The van der Waals surface area contributed by atoms with E-state index in [1.807, 2.05) is 12.1 Å². The summed E-state index contributed by atoms with van der Waals surface area (Å²) in [5.41, 5.74) is 2.04. The Morgan fingerprint density at radius 3 is 2.48 bits per heavy atom. The third-order valence-electron chi connectivity index (χ3n) is 3.75. The summed E-state index contributed by atoms with van der Waals surface area (Å²) in [6, 6.07) is 5.97. The van der Waals surface area contributed by atoms with Crippen molar-refractivity contribution in [2.24, 2.45) is 5.92 Å². The SMILES string of the molecule is CCC(CC)CN(CC)c1ccc(/C=C/C(=O)O)cc1Br. The Bertz CT molecular complexity index is 496. The van der Waals surface area contributed by atoms with Crippen LogP contribution < -0.4 is 4.90 Å². The van der Waals surface area contributed by atoms with Gasteiger partial charge in [0.1, 0.15) is 0 Å². The van der Waals surface area contributed by atoms with Crippen molar-refractivity contribution in [3.05, 3.63) is 34.3 Å². The zero-order chi connectivity index (χ0) is 15.8. The van der Waals surface area contributed by atoms with Crippen molar-refractivity contribution >= 4 is 33.7 Å². The predicted octanol–water partition coefficient (Wildman–Crippen LogP) is 4.81. The number of hydrogen-bond acceptors (Lipinski definition) is 2. The first-order valence-corrected chi connectivity index (χ1v) is 8.26. The molecular formula is C17H24BrNO2. The van der Waals surface area contributed by atoms with Crippen LogP contribution in [0.4, 0.5) is 5.69 Å². The minimum Gasteiger partial charge on any atom is -0.478 e. The molecule has 3 nitrogen and oxygen atoms in total. The predicted molar refractivity (Wildman–Crippen MR) is 92.8 cm³/mol. The van der Waals surface area contributed by atoms with Crippen molar-refractivity contribution < 1.29 is 9.90 Å². The highest BCUT2D eigenvalue weighted by molar-refractivity contribution is 9.10. The highest BCUT2D eigenvalue weighted by Crippen LogP contribution is 2.29. The van der Waals surface area contributed by atoms with Gasteiger partial charge < -0.3 is 10.0 Å². The summed E-state index contributed by atoms with van der Waals surface area (Å²) in [5.74, 6) is -0.234. The molecule has 4 heteroatoms. The van der Waals surface area contributed by atoms with Crippen LogP contribution in [-0.2, 0) is 4.79 Å². The fourth-order valence-electron chi connectivity index (χ4n) is 2.31. The molecule has 0 saturated carbocycles. The van der Waals surface area contributed by atoms with Crippen LogP contribution in [0.3, 0.4) is 0 Å². The molecule has 1 aromatic carbocycles. The molecule has 0 heterocycles. The van der Waals surface area contributed by atoms with Crippen molar-refractivity contribution in [2.45, 2.75) is 33.6 Å². The zero-order valence-corrected chi connectivity index (χ0v) is 14.6. The van der Waals surface area contributed by atoms with E-state index in [4.69, 9.17) is 5.11 Å². The third kappa shape index (κ3) is 5.54. The second-order valence-corrected chi connectivity index (χ2v) is 5.96. The van der Waals surface area contributed by atoms with Crippen LogP contribution in [0.1, 0.15) is 39.2 Å². The van der Waals surface area contributed by atoms with Gasteiger partial charge in [-0.2, -0.15) is 0 Å². The largest absolute Gasteiger partial charge is 0.478 e. The Morgan fingerprint density at radius 1 is 1.33 bits per heavy atom. The summed E-state index contributed by atoms with van der Waals surface area (Å²) in [6.45, 7) is 8.63. The van der Waals surface area contributed by atoms with Gasteiger partial charge in [0.25, 0.3) is 0 Å². The smallest absolute Gasteiger partial charge is 0.328 e. The van der Waals surface area contributed by atoms with Crippen LogP contribution in [0.5, 0.6) is 0 Å². The standard InChI is InChI=1S/C17H24BrNO2/c1-4-13(5-2)12-19(6-3)16-9-7-14(11-15(16)18)8-10-17(20)21/h7-11,13H,4-6,12H2,1-3H3,(H,20,21)/b10-8+. The molecule has 1 N–H and O–H groups in total. The van der Waals surface area contributed by atoms with Gasteiger partial charge in [-0.05, 0) is 52.5 Å². The number of carboxylic acid groups (broad SMARTS) is 1. The lowest BCUT2D eigenvalue weighted by molar-refractivity contribution is -0.131. The second kappa shape index (κ2) is 8.88. The minimum absolute atomic E-state index is 0.698. The maximum Gasteiger partial charge on any atom is 0.328 e. The van der Waals surface area contributed by atoms with E-state index in [2.05, 4.69) is 47.7 Å². The fraction of sp³-hybridized carbons (Fsp3) is 0.471. The Morgan fingerprint density at radius 2 is 2.00 bits per heavy atom. The van der Waals surface area contributed by atoms with E-state index in [1.54, 1.807) is 6.08 Å². The summed E-state index contributed by atoms with van der Waals surface area (Å²) in [4.78, 5) is 12.9. The number of anilines is 1. The first kappa shape index (κ1) is 17.8. The van der Waals surface area contributed by atoms with E-state index in [9.17, 15) is 4.79 Å². The molecule has 0 radical (unpaired) electrons. The van der Waals surface area contributed by atoms with Crippen LogP contribution in [0.15, 0.2) is 28.7 Å². The zero-order valence-electron chi connectivity index (χ0n) is 13.0. The average molecular weight is 354 g/mol. The van der Waals surface area contributed by atoms with Gasteiger partial charge in [-0.25, -0.2) is 4.79 Å². The molecule has 0 aromatic heterocycles. The Kier molecular flexibility index (Phi) is 7.51. The van der Waals surface area contributed by atoms with E-state index in [1.165, 1.54) is 12.8 Å². The van der Waals surface area contributed by atoms with Gasteiger partial charge in [-0.3, -0.25) is 0 Å². The molecule has 0 unspecified atom stereocenters. The molecule has 0 atom stereocenters. The van der Waals surface area contributed by atoms with Gasteiger partial charge in [-0.15, -0.1) is 0 Å². The van der Waals surface area contributed by atoms with E-state index in [-0.39, 0.29) is 0 Å². The van der Waals surface area contributed by atoms with E-state index in [0.717, 1.165) is 34.9 Å². The average Bonchev–Trinajstić information content (AvgIpc) is 2.47. The highest BCUT2D eigenvalue weighted by Gasteiger charge is 2.13. The molecule has 0 aliphatic heterocycles. The third-order valence-corrected chi connectivity index (χ3v) is 4.38. The number of halogens is 1. The topological polar surface area (TPSA) is 40.5 Å². The highest BCUT2D eigenvalue weighted by atomic mass is 79.9. The number of aliphatic carboxylic acids is 1. The van der Waals surface area contributed by atoms with Gasteiger partial charge >= 0.3 is 5.97 Å². The van der Waals surface area contributed by atoms with Crippen LogP contribution in [0, 0.1) is 5.92 Å². The Hall–Kier alpha value is -1.29. The normalized spacial score (nSPS) is 11.3. The first-order chi connectivity index (χ1) is 10.0. The molecule has 1 aromatic rings. The maximum atomic E-state index is 10.6. The van der Waals surface area contributed by atoms with E-state index in [0.29, 0.717) is 5.92 Å². The quantitative estimate of drug-likeness (QED) is 0.681. The molecule has 1 rings (SSSR count). The molecule has 0 saturated heterocycles. The van der Waals surface area contributed by atoms with Gasteiger partial charge in [0.15, 0.2) is 0 Å². The van der Waals surface area contributed by atoms with E-state index >= 15 is 0 Å². The van der Waals surface area contributed by atoms with Crippen LogP contribution in [0.2, 0.25) is 0 Å². The number of rotatable bonds is 8. The van der Waals surface area contributed by atoms with Crippen molar-refractivity contribution in [2.75, 3.05) is 18.0 Å². The Balaban J connectivity index is 2.93. The van der Waals surface area contributed by atoms with Gasteiger partial charge in [0, 0.05) is 23.6 Å². The molecule has 0 amide bonds. The minimum atomic E-state index is -0.931. The lowest BCUT2D eigenvalue weighted by Crippen LogP contribution is -2.29. The van der Waals surface area contributed by atoms with Crippen LogP contribution >= 0.6 is 15.9 Å². The molecular weight excluding hydrogens is 330 g/mol. The second-order valence-electron chi connectivity index (χ2n) is 5.10. The fourth-order valence-corrected chi connectivity index (χ4v) is 2.95. The first-order valence-electron chi connectivity index (χ1n) is 7.47. The summed E-state index contributed by atoms with van der Waals surface area (Å²) >= 11 is 3.61. The van der Waals surface area contributed by atoms with Gasteiger partial charge in [0.05, 0.1) is 5.69 Å². The lowest BCUT2D eigenvalue weighted by atomic mass is 10.0. The number of carboxylic acids is 1. The van der Waals surface area contributed by atoms with Gasteiger partial charge in [-0.1, -0.05) is 32.8 Å². The number of benzene rings is 1. The van der Waals surface area contributed by atoms with E-state index < -0.39 is 5.97 Å². The number of hydrogen-bond donors (Lipinski definition) is 1. The summed E-state index contributed by atoms with van der Waals surface area (Å²) in [7, 11) is 0. The number of carbonyl (C=O) groups is 1. The van der Waals surface area contributed by atoms with Crippen molar-refractivity contribution in [3.63, 3.8) is 0 Å². The molecule has 0 aliphatic carbocycles. The van der Waals surface area contributed by atoms with Gasteiger partial charge in [0.2, 0.25) is 0 Å². The van der Waals surface area contributed by atoms with Crippen LogP contribution in [-0.4, -0.2) is 24.2 Å². The number of nitrogens with zero attached hydrogens (tertiary/aromatic N) is 1.